The molecule has 92 valence electrons. The maximum atomic E-state index is 4.80. The first-order valence-electron chi connectivity index (χ1n) is 6.18. The molecule has 1 rings (SSSR count). The van der Waals surface area contributed by atoms with Crippen LogP contribution in [0.5, 0.6) is 0 Å². The smallest absolute Gasteiger partial charge is 0.0931 e. The fraction of sp³-hybridized carbons (Fsp3) is 0.769. The predicted molar refractivity (Wildman–Crippen MR) is 72.2 cm³/mol. The average molecular weight is 240 g/mol. The van der Waals surface area contributed by atoms with E-state index in [1.54, 1.807) is 0 Å². The number of hydrogen-bond donors (Lipinski definition) is 1. The van der Waals surface area contributed by atoms with Gasteiger partial charge in [-0.3, -0.25) is 0 Å². The molecule has 1 aromatic heterocycles. The van der Waals surface area contributed by atoms with Crippen LogP contribution in [0.15, 0.2) is 0 Å². The standard InChI is InChI=1S/C13H24N2S/c1-6-8-11-15-12(13(3,4)5)10(16-11)9-14-7-2/h14H,6-9H2,1-5H3. The highest BCUT2D eigenvalue weighted by Gasteiger charge is 2.22. The van der Waals surface area contributed by atoms with Crippen molar-refractivity contribution < 1.29 is 0 Å². The number of nitrogens with zero attached hydrogens (tertiary/aromatic N) is 1. The molecule has 0 aliphatic rings. The second-order valence-corrected chi connectivity index (χ2v) is 6.33. The molecular formula is C13H24N2S. The third-order valence-electron chi connectivity index (χ3n) is 2.45. The molecule has 0 spiro atoms. The molecule has 0 aromatic carbocycles. The zero-order valence-corrected chi connectivity index (χ0v) is 12.0. The van der Waals surface area contributed by atoms with E-state index in [-0.39, 0.29) is 5.41 Å². The number of thiazole rings is 1. The van der Waals surface area contributed by atoms with Gasteiger partial charge in [0.25, 0.3) is 0 Å². The van der Waals surface area contributed by atoms with Crippen molar-refractivity contribution in [1.29, 1.82) is 0 Å². The Balaban J connectivity index is 2.93. The molecule has 0 aliphatic heterocycles. The lowest BCUT2D eigenvalue weighted by Crippen LogP contribution is -2.18. The van der Waals surface area contributed by atoms with Gasteiger partial charge >= 0.3 is 0 Å². The van der Waals surface area contributed by atoms with E-state index in [4.69, 9.17) is 4.98 Å². The molecule has 0 fully saturated rings. The van der Waals surface area contributed by atoms with Crippen LogP contribution in [-0.4, -0.2) is 11.5 Å². The van der Waals surface area contributed by atoms with Gasteiger partial charge < -0.3 is 5.32 Å². The zero-order chi connectivity index (χ0) is 12.2. The Labute approximate surface area is 103 Å². The monoisotopic (exact) mass is 240 g/mol. The van der Waals surface area contributed by atoms with Crippen LogP contribution in [0.3, 0.4) is 0 Å². The van der Waals surface area contributed by atoms with Gasteiger partial charge in [0.05, 0.1) is 10.7 Å². The van der Waals surface area contributed by atoms with Crippen LogP contribution in [0.1, 0.15) is 56.6 Å². The molecule has 1 aromatic rings. The highest BCUT2D eigenvalue weighted by atomic mass is 32.1. The Bertz CT molecular complexity index is 323. The molecule has 2 nitrogen and oxygen atoms in total. The Kier molecular flexibility index (Phi) is 4.93. The van der Waals surface area contributed by atoms with Crippen molar-refractivity contribution >= 4 is 11.3 Å². The lowest BCUT2D eigenvalue weighted by atomic mass is 9.91. The first-order valence-corrected chi connectivity index (χ1v) is 7.00. The van der Waals surface area contributed by atoms with Gasteiger partial charge in [0.15, 0.2) is 0 Å². The predicted octanol–water partition coefficient (Wildman–Crippen LogP) is 3.50. The summed E-state index contributed by atoms with van der Waals surface area (Å²) in [4.78, 5) is 6.22. The largest absolute Gasteiger partial charge is 0.312 e. The van der Waals surface area contributed by atoms with Crippen molar-refractivity contribution in [2.45, 2.75) is 59.4 Å². The number of rotatable bonds is 5. The fourth-order valence-corrected chi connectivity index (χ4v) is 3.02. The van der Waals surface area contributed by atoms with Crippen LogP contribution in [0.2, 0.25) is 0 Å². The molecule has 16 heavy (non-hydrogen) atoms. The third kappa shape index (κ3) is 3.56. The first-order chi connectivity index (χ1) is 7.49. The van der Waals surface area contributed by atoms with E-state index < -0.39 is 0 Å². The molecule has 0 saturated heterocycles. The second kappa shape index (κ2) is 5.78. The van der Waals surface area contributed by atoms with Gasteiger partial charge in [0, 0.05) is 16.8 Å². The van der Waals surface area contributed by atoms with E-state index in [1.165, 1.54) is 22.0 Å². The van der Waals surface area contributed by atoms with E-state index >= 15 is 0 Å². The van der Waals surface area contributed by atoms with Crippen molar-refractivity contribution in [2.75, 3.05) is 6.54 Å². The summed E-state index contributed by atoms with van der Waals surface area (Å²) in [6.07, 6.45) is 2.29. The summed E-state index contributed by atoms with van der Waals surface area (Å²) in [5, 5.41) is 4.69. The van der Waals surface area contributed by atoms with E-state index in [1.807, 2.05) is 11.3 Å². The Morgan fingerprint density at radius 1 is 1.25 bits per heavy atom. The Hall–Kier alpha value is -0.410. The zero-order valence-electron chi connectivity index (χ0n) is 11.2. The minimum Gasteiger partial charge on any atom is -0.312 e. The molecule has 0 saturated carbocycles. The Morgan fingerprint density at radius 2 is 1.94 bits per heavy atom. The summed E-state index contributed by atoms with van der Waals surface area (Å²) in [5.41, 5.74) is 1.44. The summed E-state index contributed by atoms with van der Waals surface area (Å²) in [7, 11) is 0. The number of aromatic nitrogens is 1. The van der Waals surface area contributed by atoms with Crippen molar-refractivity contribution in [3.8, 4) is 0 Å². The van der Waals surface area contributed by atoms with Gasteiger partial charge in [-0.15, -0.1) is 11.3 Å². The number of hydrogen-bond acceptors (Lipinski definition) is 3. The molecule has 1 heterocycles. The average Bonchev–Trinajstić information content (AvgIpc) is 2.58. The van der Waals surface area contributed by atoms with Gasteiger partial charge in [-0.25, -0.2) is 4.98 Å². The fourth-order valence-electron chi connectivity index (χ4n) is 1.67. The molecule has 0 aliphatic carbocycles. The highest BCUT2D eigenvalue weighted by molar-refractivity contribution is 7.11. The number of nitrogens with one attached hydrogen (secondary N) is 1. The highest BCUT2D eigenvalue weighted by Crippen LogP contribution is 2.30. The van der Waals surface area contributed by atoms with E-state index in [9.17, 15) is 0 Å². The molecule has 1 N–H and O–H groups in total. The molecule has 0 amide bonds. The summed E-state index contributed by atoms with van der Waals surface area (Å²) >= 11 is 1.88. The van der Waals surface area contributed by atoms with Gasteiger partial charge in [-0.2, -0.15) is 0 Å². The van der Waals surface area contributed by atoms with Crippen molar-refractivity contribution in [3.63, 3.8) is 0 Å². The van der Waals surface area contributed by atoms with E-state index in [0.29, 0.717) is 0 Å². The van der Waals surface area contributed by atoms with Gasteiger partial charge in [-0.05, 0) is 19.4 Å². The number of aryl methyl sites for hydroxylation is 1. The molecule has 0 unspecified atom stereocenters. The lowest BCUT2D eigenvalue weighted by Gasteiger charge is -2.17. The van der Waals surface area contributed by atoms with Crippen LogP contribution in [0.4, 0.5) is 0 Å². The van der Waals surface area contributed by atoms with E-state index in [0.717, 1.165) is 19.5 Å². The van der Waals surface area contributed by atoms with Crippen LogP contribution < -0.4 is 5.32 Å². The maximum absolute atomic E-state index is 4.80. The van der Waals surface area contributed by atoms with Crippen LogP contribution >= 0.6 is 11.3 Å². The van der Waals surface area contributed by atoms with Crippen LogP contribution in [0.25, 0.3) is 0 Å². The lowest BCUT2D eigenvalue weighted by molar-refractivity contribution is 0.559. The molecule has 0 atom stereocenters. The normalized spacial score (nSPS) is 12.1. The van der Waals surface area contributed by atoms with Crippen molar-refractivity contribution in [1.82, 2.24) is 10.3 Å². The van der Waals surface area contributed by atoms with E-state index in [2.05, 4.69) is 39.9 Å². The Morgan fingerprint density at radius 3 is 2.44 bits per heavy atom. The van der Waals surface area contributed by atoms with Crippen molar-refractivity contribution in [2.24, 2.45) is 0 Å². The molecular weight excluding hydrogens is 216 g/mol. The third-order valence-corrected chi connectivity index (χ3v) is 3.57. The first kappa shape index (κ1) is 13.7. The second-order valence-electron chi connectivity index (χ2n) is 5.16. The minimum absolute atomic E-state index is 0.160. The van der Waals surface area contributed by atoms with Crippen LogP contribution in [-0.2, 0) is 18.4 Å². The quantitative estimate of drug-likeness (QED) is 0.852. The SMILES string of the molecule is CCCc1nc(C(C)(C)C)c(CNCC)s1. The molecule has 0 radical (unpaired) electrons. The molecule has 3 heteroatoms. The summed E-state index contributed by atoms with van der Waals surface area (Å²) in [5.74, 6) is 0. The maximum Gasteiger partial charge on any atom is 0.0931 e. The van der Waals surface area contributed by atoms with Crippen LogP contribution in [0, 0.1) is 0 Å². The van der Waals surface area contributed by atoms with Gasteiger partial charge in [-0.1, -0.05) is 34.6 Å². The van der Waals surface area contributed by atoms with Crippen molar-refractivity contribution in [3.05, 3.63) is 15.6 Å². The topological polar surface area (TPSA) is 24.9 Å². The van der Waals surface area contributed by atoms with Gasteiger partial charge in [0.1, 0.15) is 0 Å². The summed E-state index contributed by atoms with van der Waals surface area (Å²) in [6.45, 7) is 13.1. The van der Waals surface area contributed by atoms with Gasteiger partial charge in [0.2, 0.25) is 0 Å². The summed E-state index contributed by atoms with van der Waals surface area (Å²) in [6, 6.07) is 0. The summed E-state index contributed by atoms with van der Waals surface area (Å²) < 4.78 is 0. The minimum atomic E-state index is 0.160. The molecule has 0 bridgehead atoms.